The van der Waals surface area contributed by atoms with E-state index in [1.54, 1.807) is 0 Å². The van der Waals surface area contributed by atoms with Crippen LogP contribution in [-0.2, 0) is 0 Å². The van der Waals surface area contributed by atoms with E-state index >= 15 is 0 Å². The van der Waals surface area contributed by atoms with E-state index in [0.29, 0.717) is 0 Å². The van der Waals surface area contributed by atoms with Gasteiger partial charge in [0.25, 0.3) is 0 Å². The zero-order valence-electron chi connectivity index (χ0n) is 11.4. The normalized spacial score (nSPS) is 10.4. The third-order valence-corrected chi connectivity index (χ3v) is 3.70. The predicted octanol–water partition coefficient (Wildman–Crippen LogP) is 3.62. The Balaban J connectivity index is 2.43. The van der Waals surface area contributed by atoms with Crippen LogP contribution in [0.3, 0.4) is 0 Å². The van der Waals surface area contributed by atoms with Gasteiger partial charge in [-0.15, -0.1) is 0 Å². The van der Waals surface area contributed by atoms with E-state index in [-0.39, 0.29) is 0 Å². The third kappa shape index (κ3) is 4.90. The van der Waals surface area contributed by atoms with Crippen LogP contribution in [0.2, 0.25) is 0 Å². The summed E-state index contributed by atoms with van der Waals surface area (Å²) >= 11 is 2.01. The number of hydrogen-bond donors (Lipinski definition) is 1. The Kier molecular flexibility index (Phi) is 6.27. The molecule has 1 aromatic rings. The van der Waals surface area contributed by atoms with Crippen LogP contribution in [-0.4, -0.2) is 32.1 Å². The summed E-state index contributed by atoms with van der Waals surface area (Å²) in [5, 5.41) is 3.51. The Morgan fingerprint density at radius 2 is 2.06 bits per heavy atom. The maximum Gasteiger partial charge on any atom is 0.0371 e. The van der Waals surface area contributed by atoms with Crippen molar-refractivity contribution >= 4 is 23.1 Å². The minimum atomic E-state index is 1.06. The van der Waals surface area contributed by atoms with E-state index < -0.39 is 0 Å². The molecule has 0 atom stereocenters. The van der Waals surface area contributed by atoms with Gasteiger partial charge in [-0.2, -0.15) is 11.8 Å². The molecule has 0 amide bonds. The lowest BCUT2D eigenvalue weighted by atomic mass is 10.1. The fraction of sp³-hybridized carbons (Fsp3) is 0.571. The molecule has 17 heavy (non-hydrogen) atoms. The molecule has 3 heteroatoms. The van der Waals surface area contributed by atoms with Crippen LogP contribution in [0.4, 0.5) is 11.4 Å². The molecule has 2 nitrogen and oxygen atoms in total. The first kappa shape index (κ1) is 14.2. The maximum atomic E-state index is 3.51. The molecule has 1 N–H and O–H groups in total. The van der Waals surface area contributed by atoms with Crippen molar-refractivity contribution in [2.45, 2.75) is 20.3 Å². The second-order valence-electron chi connectivity index (χ2n) is 4.37. The smallest absolute Gasteiger partial charge is 0.0371 e. The predicted molar refractivity (Wildman–Crippen MR) is 81.6 cm³/mol. The van der Waals surface area contributed by atoms with Crippen molar-refractivity contribution in [3.8, 4) is 0 Å². The van der Waals surface area contributed by atoms with Crippen LogP contribution in [0, 0.1) is 6.92 Å². The molecule has 0 bridgehead atoms. The van der Waals surface area contributed by atoms with E-state index in [4.69, 9.17) is 0 Å². The molecule has 0 aliphatic carbocycles. The molecule has 1 rings (SSSR count). The van der Waals surface area contributed by atoms with Gasteiger partial charge in [0.15, 0.2) is 0 Å². The lowest BCUT2D eigenvalue weighted by Gasteiger charge is -2.16. The Morgan fingerprint density at radius 1 is 1.29 bits per heavy atom. The van der Waals surface area contributed by atoms with Crippen molar-refractivity contribution in [3.63, 3.8) is 0 Å². The van der Waals surface area contributed by atoms with E-state index in [9.17, 15) is 0 Å². The Morgan fingerprint density at radius 3 is 2.65 bits per heavy atom. The molecule has 0 saturated carbocycles. The quantitative estimate of drug-likeness (QED) is 0.746. The van der Waals surface area contributed by atoms with E-state index in [1.165, 1.54) is 34.9 Å². The van der Waals surface area contributed by atoms with Crippen molar-refractivity contribution in [2.75, 3.05) is 42.4 Å². The molecule has 0 aliphatic rings. The minimum absolute atomic E-state index is 1.06. The van der Waals surface area contributed by atoms with Crippen molar-refractivity contribution < 1.29 is 0 Å². The standard InChI is InChI=1S/C14H24N2S/c1-5-17-10-6-9-15-14-8-7-13(16(3)4)11-12(14)2/h7-8,11,15H,5-6,9-10H2,1-4H3. The fourth-order valence-corrected chi connectivity index (χ4v) is 2.30. The van der Waals surface area contributed by atoms with E-state index in [1.807, 2.05) is 11.8 Å². The topological polar surface area (TPSA) is 15.3 Å². The van der Waals surface area contributed by atoms with Gasteiger partial charge in [0, 0.05) is 32.0 Å². The zero-order valence-corrected chi connectivity index (χ0v) is 12.2. The largest absolute Gasteiger partial charge is 0.385 e. The van der Waals surface area contributed by atoms with E-state index in [2.05, 4.69) is 56.4 Å². The summed E-state index contributed by atoms with van der Waals surface area (Å²) in [4.78, 5) is 2.13. The number of nitrogens with one attached hydrogen (secondary N) is 1. The van der Waals surface area contributed by atoms with Crippen molar-refractivity contribution in [1.82, 2.24) is 0 Å². The van der Waals surface area contributed by atoms with Crippen LogP contribution in [0.1, 0.15) is 18.9 Å². The lowest BCUT2D eigenvalue weighted by molar-refractivity contribution is 0.989. The highest BCUT2D eigenvalue weighted by Crippen LogP contribution is 2.21. The van der Waals surface area contributed by atoms with Gasteiger partial charge < -0.3 is 10.2 Å². The second kappa shape index (κ2) is 7.49. The van der Waals surface area contributed by atoms with Gasteiger partial charge in [0.05, 0.1) is 0 Å². The summed E-state index contributed by atoms with van der Waals surface area (Å²) in [7, 11) is 4.15. The average molecular weight is 252 g/mol. The molecule has 0 heterocycles. The van der Waals surface area contributed by atoms with Gasteiger partial charge in [-0.25, -0.2) is 0 Å². The van der Waals surface area contributed by atoms with Gasteiger partial charge in [0.1, 0.15) is 0 Å². The minimum Gasteiger partial charge on any atom is -0.385 e. The maximum absolute atomic E-state index is 3.51. The van der Waals surface area contributed by atoms with Crippen molar-refractivity contribution in [1.29, 1.82) is 0 Å². The molecule has 96 valence electrons. The van der Waals surface area contributed by atoms with Gasteiger partial charge in [-0.3, -0.25) is 0 Å². The summed E-state index contributed by atoms with van der Waals surface area (Å²) in [5.74, 6) is 2.47. The third-order valence-electron chi connectivity index (χ3n) is 2.71. The number of thioether (sulfide) groups is 1. The number of anilines is 2. The molecule has 0 spiro atoms. The van der Waals surface area contributed by atoms with Crippen LogP contribution in [0.5, 0.6) is 0 Å². The van der Waals surface area contributed by atoms with Gasteiger partial charge in [-0.1, -0.05) is 6.92 Å². The first-order chi connectivity index (χ1) is 8.15. The summed E-state index contributed by atoms with van der Waals surface area (Å²) < 4.78 is 0. The molecule has 0 radical (unpaired) electrons. The number of benzene rings is 1. The Hall–Kier alpha value is -0.830. The second-order valence-corrected chi connectivity index (χ2v) is 5.76. The van der Waals surface area contributed by atoms with Crippen LogP contribution in [0.25, 0.3) is 0 Å². The first-order valence-electron chi connectivity index (χ1n) is 6.24. The summed E-state index contributed by atoms with van der Waals surface area (Å²) in [6, 6.07) is 6.57. The van der Waals surface area contributed by atoms with E-state index in [0.717, 1.165) is 6.54 Å². The monoisotopic (exact) mass is 252 g/mol. The molecule has 0 aromatic heterocycles. The van der Waals surface area contributed by atoms with Crippen LogP contribution in [0.15, 0.2) is 18.2 Å². The number of rotatable bonds is 7. The molecule has 0 saturated heterocycles. The number of nitrogens with zero attached hydrogens (tertiary/aromatic N) is 1. The lowest BCUT2D eigenvalue weighted by Crippen LogP contribution is -2.09. The highest BCUT2D eigenvalue weighted by Gasteiger charge is 2.00. The summed E-state index contributed by atoms with van der Waals surface area (Å²) in [5.41, 5.74) is 3.84. The SMILES string of the molecule is CCSCCCNc1ccc(N(C)C)cc1C. The first-order valence-corrected chi connectivity index (χ1v) is 7.40. The fourth-order valence-electron chi connectivity index (χ4n) is 1.67. The highest BCUT2D eigenvalue weighted by molar-refractivity contribution is 7.99. The number of aryl methyl sites for hydroxylation is 1. The number of hydrogen-bond acceptors (Lipinski definition) is 3. The van der Waals surface area contributed by atoms with Gasteiger partial charge >= 0.3 is 0 Å². The molecule has 0 aliphatic heterocycles. The molecular formula is C14H24N2S. The van der Waals surface area contributed by atoms with Gasteiger partial charge in [0.2, 0.25) is 0 Å². The Bertz CT molecular complexity index is 337. The summed E-state index contributed by atoms with van der Waals surface area (Å²) in [6.07, 6.45) is 1.23. The van der Waals surface area contributed by atoms with Crippen LogP contribution >= 0.6 is 11.8 Å². The molecule has 1 aromatic carbocycles. The van der Waals surface area contributed by atoms with Crippen molar-refractivity contribution in [3.05, 3.63) is 23.8 Å². The average Bonchev–Trinajstić information content (AvgIpc) is 2.30. The highest BCUT2D eigenvalue weighted by atomic mass is 32.2. The van der Waals surface area contributed by atoms with Crippen molar-refractivity contribution in [2.24, 2.45) is 0 Å². The molecule has 0 unspecified atom stereocenters. The Labute approximate surface area is 110 Å². The van der Waals surface area contributed by atoms with Crippen LogP contribution < -0.4 is 10.2 Å². The van der Waals surface area contributed by atoms with Gasteiger partial charge in [-0.05, 0) is 48.6 Å². The zero-order chi connectivity index (χ0) is 12.7. The summed E-state index contributed by atoms with van der Waals surface area (Å²) in [6.45, 7) is 5.44. The molecule has 0 fully saturated rings. The molecular weight excluding hydrogens is 228 g/mol.